The van der Waals surface area contributed by atoms with Gasteiger partial charge in [-0.2, -0.15) is 5.26 Å². The molecule has 1 heterocycles. The average molecular weight is 252 g/mol. The lowest BCUT2D eigenvalue weighted by atomic mass is 9.75. The second-order valence-corrected chi connectivity index (χ2v) is 6.79. The van der Waals surface area contributed by atoms with E-state index in [1.807, 2.05) is 0 Å². The Morgan fingerprint density at radius 3 is 2.39 bits per heavy atom. The average Bonchev–Trinajstić information content (AvgIpc) is 2.98. The molecule has 18 heavy (non-hydrogen) atoms. The van der Waals surface area contributed by atoms with Gasteiger partial charge in [-0.3, -0.25) is 9.18 Å². The molecule has 2 aliphatic rings. The van der Waals surface area contributed by atoms with E-state index in [0.29, 0.717) is 25.9 Å². The number of alkyl halides is 1. The van der Waals surface area contributed by atoms with Crippen LogP contribution in [0.15, 0.2) is 0 Å². The van der Waals surface area contributed by atoms with Crippen LogP contribution in [-0.2, 0) is 4.79 Å². The minimum absolute atomic E-state index is 0.00482. The maximum Gasteiger partial charge on any atom is 0.243 e. The van der Waals surface area contributed by atoms with Crippen LogP contribution in [-0.4, -0.2) is 30.6 Å². The molecular weight excluding hydrogens is 231 g/mol. The number of likely N-dealkylation sites (tertiary alicyclic amines) is 1. The van der Waals surface area contributed by atoms with E-state index in [-0.39, 0.29) is 29.8 Å². The van der Waals surface area contributed by atoms with Crippen LogP contribution < -0.4 is 0 Å². The summed E-state index contributed by atoms with van der Waals surface area (Å²) in [6.45, 7) is 6.95. The van der Waals surface area contributed by atoms with E-state index >= 15 is 0 Å². The summed E-state index contributed by atoms with van der Waals surface area (Å²) in [6, 6.07) is 2.13. The number of carbonyl (C=O) groups is 1. The number of amides is 1. The quantitative estimate of drug-likeness (QED) is 0.757. The van der Waals surface area contributed by atoms with Gasteiger partial charge in [0.05, 0.1) is 12.7 Å². The zero-order chi connectivity index (χ0) is 13.6. The summed E-state index contributed by atoms with van der Waals surface area (Å²) in [5.74, 6) is 0.0274. The lowest BCUT2D eigenvalue weighted by molar-refractivity contribution is -0.134. The Bertz CT molecular complexity index is 390. The standard InChI is InChI=1S/C14H21FN2O/c1-13(2,3)11-8-17(7-10(11)6-15)12(18)14(9-16)4-5-14/h10-11H,4-8H2,1-3H3. The molecule has 1 saturated heterocycles. The Labute approximate surface area is 108 Å². The molecule has 0 bridgehead atoms. The fourth-order valence-electron chi connectivity index (χ4n) is 2.98. The first-order chi connectivity index (χ1) is 8.34. The van der Waals surface area contributed by atoms with Crippen molar-refractivity contribution in [2.75, 3.05) is 19.8 Å². The van der Waals surface area contributed by atoms with E-state index in [2.05, 4.69) is 26.8 Å². The maximum absolute atomic E-state index is 13.1. The van der Waals surface area contributed by atoms with E-state index in [0.717, 1.165) is 0 Å². The smallest absolute Gasteiger partial charge is 0.243 e. The lowest BCUT2D eigenvalue weighted by Gasteiger charge is -2.30. The van der Waals surface area contributed by atoms with Crippen molar-refractivity contribution in [3.05, 3.63) is 0 Å². The number of nitrogens with zero attached hydrogens (tertiary/aromatic N) is 2. The highest BCUT2D eigenvalue weighted by molar-refractivity contribution is 5.88. The van der Waals surface area contributed by atoms with Gasteiger partial charge in [0.25, 0.3) is 0 Å². The molecular formula is C14H21FN2O. The monoisotopic (exact) mass is 252 g/mol. The van der Waals surface area contributed by atoms with Crippen molar-refractivity contribution < 1.29 is 9.18 Å². The van der Waals surface area contributed by atoms with Gasteiger partial charge >= 0.3 is 0 Å². The number of rotatable bonds is 2. The number of nitriles is 1. The number of hydrogen-bond donors (Lipinski definition) is 0. The van der Waals surface area contributed by atoms with E-state index in [1.165, 1.54) is 0 Å². The van der Waals surface area contributed by atoms with Crippen LogP contribution in [0.4, 0.5) is 4.39 Å². The van der Waals surface area contributed by atoms with Gasteiger partial charge in [-0.05, 0) is 24.2 Å². The predicted octanol–water partition coefficient (Wildman–Crippen LogP) is 2.38. The third-order valence-corrected chi connectivity index (χ3v) is 4.41. The predicted molar refractivity (Wildman–Crippen MR) is 66.3 cm³/mol. The summed E-state index contributed by atoms with van der Waals surface area (Å²) in [5, 5.41) is 9.06. The topological polar surface area (TPSA) is 44.1 Å². The lowest BCUT2D eigenvalue weighted by Crippen LogP contribution is -2.36. The van der Waals surface area contributed by atoms with Crippen LogP contribution >= 0.6 is 0 Å². The molecule has 0 spiro atoms. The molecule has 2 rings (SSSR count). The minimum atomic E-state index is -0.770. The molecule has 4 heteroatoms. The van der Waals surface area contributed by atoms with Gasteiger partial charge in [0.2, 0.25) is 5.91 Å². The molecule has 0 N–H and O–H groups in total. The first-order valence-electron chi connectivity index (χ1n) is 6.60. The molecule has 1 aliphatic heterocycles. The van der Waals surface area contributed by atoms with E-state index in [1.54, 1.807) is 4.90 Å². The van der Waals surface area contributed by atoms with Crippen molar-refractivity contribution in [2.24, 2.45) is 22.7 Å². The largest absolute Gasteiger partial charge is 0.341 e. The SMILES string of the molecule is CC(C)(C)C1CN(C(=O)C2(C#N)CC2)CC1CF. The summed E-state index contributed by atoms with van der Waals surface area (Å²) >= 11 is 0. The number of carbonyl (C=O) groups excluding carboxylic acids is 1. The zero-order valence-corrected chi connectivity index (χ0v) is 11.4. The Hall–Kier alpha value is -1.11. The van der Waals surface area contributed by atoms with E-state index in [4.69, 9.17) is 5.26 Å². The molecule has 1 amide bonds. The van der Waals surface area contributed by atoms with Gasteiger partial charge in [-0.25, -0.2) is 0 Å². The second-order valence-electron chi connectivity index (χ2n) is 6.79. The Balaban J connectivity index is 2.11. The Morgan fingerprint density at radius 2 is 2.06 bits per heavy atom. The fraction of sp³-hybridized carbons (Fsp3) is 0.857. The van der Waals surface area contributed by atoms with Gasteiger partial charge in [-0.1, -0.05) is 20.8 Å². The van der Waals surface area contributed by atoms with Crippen molar-refractivity contribution >= 4 is 5.91 Å². The van der Waals surface area contributed by atoms with Crippen LogP contribution in [0.25, 0.3) is 0 Å². The summed E-state index contributed by atoms with van der Waals surface area (Å²) in [6.07, 6.45) is 1.33. The number of hydrogen-bond acceptors (Lipinski definition) is 2. The first-order valence-corrected chi connectivity index (χ1v) is 6.60. The minimum Gasteiger partial charge on any atom is -0.341 e. The van der Waals surface area contributed by atoms with Crippen molar-refractivity contribution in [2.45, 2.75) is 33.6 Å². The summed E-state index contributed by atoms with van der Waals surface area (Å²) in [7, 11) is 0. The van der Waals surface area contributed by atoms with E-state index < -0.39 is 5.41 Å². The molecule has 1 aliphatic carbocycles. The van der Waals surface area contributed by atoms with Crippen molar-refractivity contribution in [1.29, 1.82) is 5.26 Å². The molecule has 2 atom stereocenters. The van der Waals surface area contributed by atoms with Crippen molar-refractivity contribution in [3.8, 4) is 6.07 Å². The Kier molecular flexibility index (Phi) is 3.12. The first kappa shape index (κ1) is 13.3. The van der Waals surface area contributed by atoms with Gasteiger partial charge in [0.1, 0.15) is 5.41 Å². The van der Waals surface area contributed by atoms with Crippen LogP contribution in [0.5, 0.6) is 0 Å². The van der Waals surface area contributed by atoms with Gasteiger partial charge in [0, 0.05) is 19.0 Å². The number of halogens is 1. The Morgan fingerprint density at radius 1 is 1.44 bits per heavy atom. The van der Waals surface area contributed by atoms with E-state index in [9.17, 15) is 9.18 Å². The highest BCUT2D eigenvalue weighted by atomic mass is 19.1. The molecule has 3 nitrogen and oxygen atoms in total. The molecule has 2 unspecified atom stereocenters. The summed E-state index contributed by atoms with van der Waals surface area (Å²) in [4.78, 5) is 14.0. The fourth-order valence-corrected chi connectivity index (χ4v) is 2.98. The third kappa shape index (κ3) is 2.11. The molecule has 0 radical (unpaired) electrons. The van der Waals surface area contributed by atoms with Gasteiger partial charge in [0.15, 0.2) is 0 Å². The third-order valence-electron chi connectivity index (χ3n) is 4.41. The molecule has 1 saturated carbocycles. The zero-order valence-electron chi connectivity index (χ0n) is 11.4. The normalized spacial score (nSPS) is 30.1. The molecule has 0 aromatic heterocycles. The highest BCUT2D eigenvalue weighted by Gasteiger charge is 2.55. The van der Waals surface area contributed by atoms with Gasteiger partial charge < -0.3 is 4.90 Å². The highest BCUT2D eigenvalue weighted by Crippen LogP contribution is 2.48. The van der Waals surface area contributed by atoms with Crippen LogP contribution in [0.2, 0.25) is 0 Å². The summed E-state index contributed by atoms with van der Waals surface area (Å²) < 4.78 is 13.1. The van der Waals surface area contributed by atoms with Gasteiger partial charge in [-0.15, -0.1) is 0 Å². The molecule has 2 fully saturated rings. The second kappa shape index (κ2) is 4.22. The molecule has 0 aromatic carbocycles. The van der Waals surface area contributed by atoms with Crippen LogP contribution in [0, 0.1) is 34.0 Å². The van der Waals surface area contributed by atoms with Crippen molar-refractivity contribution in [1.82, 2.24) is 4.90 Å². The molecule has 0 aromatic rings. The maximum atomic E-state index is 13.1. The molecule has 100 valence electrons. The summed E-state index contributed by atoms with van der Waals surface area (Å²) in [5.41, 5.74) is -0.775. The van der Waals surface area contributed by atoms with Crippen molar-refractivity contribution in [3.63, 3.8) is 0 Å². The van der Waals surface area contributed by atoms with Crippen LogP contribution in [0.3, 0.4) is 0 Å². The van der Waals surface area contributed by atoms with Crippen LogP contribution in [0.1, 0.15) is 33.6 Å².